The van der Waals surface area contributed by atoms with Crippen LogP contribution in [0.2, 0.25) is 0 Å². The Hall–Kier alpha value is -4.46. The zero-order valence-corrected chi connectivity index (χ0v) is 20.9. The molecule has 0 unspecified atom stereocenters. The van der Waals surface area contributed by atoms with Gasteiger partial charge in [-0.25, -0.2) is 9.59 Å². The standard InChI is InChI=1S/C30H26N2O6/c1-30(28(35)38-32-26(33)23-12-6-7-13-24(23)27(32)34)14-16-31(17-15-30)29(36)37-18-25-21-10-4-2-8-19(21)20-9-3-5-11-22(20)25/h2-13,25H,14-18H2,1H3. The van der Waals surface area contributed by atoms with E-state index in [1.165, 1.54) is 12.1 Å². The fraction of sp³-hybridized carbons (Fsp3) is 0.267. The van der Waals surface area contributed by atoms with E-state index in [1.54, 1.807) is 24.0 Å². The largest absolute Gasteiger partial charge is 0.448 e. The summed E-state index contributed by atoms with van der Waals surface area (Å²) in [7, 11) is 0. The first kappa shape index (κ1) is 23.9. The molecule has 3 amide bonds. The number of hydrogen-bond acceptors (Lipinski definition) is 6. The average molecular weight is 511 g/mol. The first-order valence-corrected chi connectivity index (χ1v) is 12.7. The number of carbonyl (C=O) groups is 4. The number of carbonyl (C=O) groups excluding carboxylic acids is 4. The molecule has 0 N–H and O–H groups in total. The third kappa shape index (κ3) is 3.84. The highest BCUT2D eigenvalue weighted by Crippen LogP contribution is 2.44. The fourth-order valence-electron chi connectivity index (χ4n) is 5.52. The number of imide groups is 1. The van der Waals surface area contributed by atoms with Crippen molar-refractivity contribution in [2.45, 2.75) is 25.7 Å². The van der Waals surface area contributed by atoms with Crippen LogP contribution in [0.3, 0.4) is 0 Å². The van der Waals surface area contributed by atoms with Crippen molar-refractivity contribution in [3.63, 3.8) is 0 Å². The van der Waals surface area contributed by atoms with Crippen LogP contribution >= 0.6 is 0 Å². The van der Waals surface area contributed by atoms with Gasteiger partial charge in [-0.2, -0.15) is 0 Å². The number of hydroxylamine groups is 2. The van der Waals surface area contributed by atoms with Gasteiger partial charge >= 0.3 is 12.1 Å². The van der Waals surface area contributed by atoms with E-state index in [-0.39, 0.29) is 23.7 Å². The van der Waals surface area contributed by atoms with E-state index in [0.717, 1.165) is 22.3 Å². The maximum Gasteiger partial charge on any atom is 0.409 e. The molecule has 2 heterocycles. The zero-order chi connectivity index (χ0) is 26.4. The van der Waals surface area contributed by atoms with Gasteiger partial charge in [0, 0.05) is 19.0 Å². The van der Waals surface area contributed by atoms with Gasteiger partial charge in [0.15, 0.2) is 0 Å². The summed E-state index contributed by atoms with van der Waals surface area (Å²) in [6.07, 6.45) is 0.209. The second-order valence-electron chi connectivity index (χ2n) is 10.2. The predicted molar refractivity (Wildman–Crippen MR) is 137 cm³/mol. The van der Waals surface area contributed by atoms with Crippen LogP contribution in [0.15, 0.2) is 72.8 Å². The number of nitrogens with zero attached hydrogens (tertiary/aromatic N) is 2. The van der Waals surface area contributed by atoms with Crippen LogP contribution in [0.4, 0.5) is 4.79 Å². The van der Waals surface area contributed by atoms with E-state index in [0.29, 0.717) is 31.0 Å². The molecule has 8 heteroatoms. The van der Waals surface area contributed by atoms with Gasteiger partial charge in [0.05, 0.1) is 16.5 Å². The minimum Gasteiger partial charge on any atom is -0.448 e. The highest BCUT2D eigenvalue weighted by molar-refractivity contribution is 6.20. The SMILES string of the molecule is CC1(C(=O)ON2C(=O)c3ccccc3C2=O)CCN(C(=O)OCC2c3ccccc3-c3ccccc32)CC1. The van der Waals surface area contributed by atoms with Gasteiger partial charge in [0.1, 0.15) is 6.61 Å². The van der Waals surface area contributed by atoms with Crippen molar-refractivity contribution < 1.29 is 28.8 Å². The van der Waals surface area contributed by atoms with Crippen molar-refractivity contribution in [1.29, 1.82) is 0 Å². The Morgan fingerprint density at radius 1 is 0.789 bits per heavy atom. The number of piperidine rings is 1. The maximum atomic E-state index is 13.0. The highest BCUT2D eigenvalue weighted by atomic mass is 16.7. The van der Waals surface area contributed by atoms with Crippen molar-refractivity contribution >= 4 is 23.9 Å². The lowest BCUT2D eigenvalue weighted by Crippen LogP contribution is -2.48. The van der Waals surface area contributed by atoms with E-state index in [4.69, 9.17) is 9.57 Å². The normalized spacial score (nSPS) is 17.6. The quantitative estimate of drug-likeness (QED) is 0.469. The third-order valence-corrected chi connectivity index (χ3v) is 7.89. The Kier molecular flexibility index (Phi) is 5.75. The highest BCUT2D eigenvalue weighted by Gasteiger charge is 2.45. The molecule has 6 rings (SSSR count). The van der Waals surface area contributed by atoms with E-state index < -0.39 is 29.3 Å². The number of fused-ring (bicyclic) bond motifs is 4. The van der Waals surface area contributed by atoms with Gasteiger partial charge in [-0.1, -0.05) is 65.7 Å². The molecule has 192 valence electrons. The molecular formula is C30H26N2O6. The molecule has 38 heavy (non-hydrogen) atoms. The van der Waals surface area contributed by atoms with E-state index in [2.05, 4.69) is 24.3 Å². The van der Waals surface area contributed by atoms with Crippen LogP contribution in [0, 0.1) is 5.41 Å². The molecule has 3 aromatic rings. The topological polar surface area (TPSA) is 93.2 Å². The van der Waals surface area contributed by atoms with Crippen LogP contribution in [0.5, 0.6) is 0 Å². The number of rotatable bonds is 4. The summed E-state index contributed by atoms with van der Waals surface area (Å²) in [4.78, 5) is 58.0. The summed E-state index contributed by atoms with van der Waals surface area (Å²) in [5, 5.41) is 0.538. The summed E-state index contributed by atoms with van der Waals surface area (Å²) in [6, 6.07) is 22.7. The van der Waals surface area contributed by atoms with Crippen molar-refractivity contribution in [1.82, 2.24) is 9.96 Å². The molecule has 0 bridgehead atoms. The Morgan fingerprint density at radius 2 is 1.26 bits per heavy atom. The number of hydrogen-bond donors (Lipinski definition) is 0. The van der Waals surface area contributed by atoms with Crippen LogP contribution in [-0.2, 0) is 14.4 Å². The first-order valence-electron chi connectivity index (χ1n) is 12.7. The molecule has 3 aliphatic rings. The molecule has 0 atom stereocenters. The van der Waals surface area contributed by atoms with E-state index >= 15 is 0 Å². The lowest BCUT2D eigenvalue weighted by molar-refractivity contribution is -0.182. The third-order valence-electron chi connectivity index (χ3n) is 7.89. The molecule has 8 nitrogen and oxygen atoms in total. The lowest BCUT2D eigenvalue weighted by atomic mass is 9.80. The predicted octanol–water partition coefficient (Wildman–Crippen LogP) is 4.79. The molecule has 0 aromatic heterocycles. The number of likely N-dealkylation sites (tertiary alicyclic amines) is 1. The van der Waals surface area contributed by atoms with Crippen molar-refractivity contribution in [3.05, 3.63) is 95.1 Å². The van der Waals surface area contributed by atoms with Crippen molar-refractivity contribution in [2.24, 2.45) is 5.41 Å². The fourth-order valence-corrected chi connectivity index (χ4v) is 5.52. The van der Waals surface area contributed by atoms with Crippen LogP contribution < -0.4 is 0 Å². The molecular weight excluding hydrogens is 484 g/mol. The second kappa shape index (κ2) is 9.13. The Labute approximate surface area is 219 Å². The number of amides is 3. The van der Waals surface area contributed by atoms with Crippen molar-refractivity contribution in [3.8, 4) is 11.1 Å². The summed E-state index contributed by atoms with van der Waals surface area (Å²) < 4.78 is 5.75. The van der Waals surface area contributed by atoms with Crippen molar-refractivity contribution in [2.75, 3.05) is 19.7 Å². The van der Waals surface area contributed by atoms with E-state index in [9.17, 15) is 19.2 Å². The molecule has 3 aromatic carbocycles. The second-order valence-corrected chi connectivity index (χ2v) is 10.2. The summed E-state index contributed by atoms with van der Waals surface area (Å²) in [6.45, 7) is 2.54. The Morgan fingerprint density at radius 3 is 1.79 bits per heavy atom. The van der Waals surface area contributed by atoms with Crippen LogP contribution in [-0.4, -0.2) is 53.5 Å². The smallest absolute Gasteiger partial charge is 0.409 e. The Balaban J connectivity index is 1.06. The van der Waals surface area contributed by atoms with Gasteiger partial charge in [-0.15, -0.1) is 0 Å². The van der Waals surface area contributed by atoms with Gasteiger partial charge < -0.3 is 14.5 Å². The minimum absolute atomic E-state index is 0.0314. The van der Waals surface area contributed by atoms with Crippen LogP contribution in [0.25, 0.3) is 11.1 Å². The van der Waals surface area contributed by atoms with Gasteiger partial charge in [-0.3, -0.25) is 9.59 Å². The number of benzene rings is 3. The molecule has 0 spiro atoms. The summed E-state index contributed by atoms with van der Waals surface area (Å²) in [5.41, 5.74) is 4.08. The van der Waals surface area contributed by atoms with Gasteiger partial charge in [0.25, 0.3) is 11.8 Å². The Bertz CT molecular complexity index is 1390. The molecule has 0 saturated carbocycles. The molecule has 1 aliphatic carbocycles. The molecule has 1 saturated heterocycles. The monoisotopic (exact) mass is 510 g/mol. The summed E-state index contributed by atoms with van der Waals surface area (Å²) in [5.74, 6) is -2.01. The number of ether oxygens (including phenoxy) is 1. The zero-order valence-electron chi connectivity index (χ0n) is 20.9. The molecule has 0 radical (unpaired) electrons. The van der Waals surface area contributed by atoms with Gasteiger partial charge in [0.2, 0.25) is 0 Å². The maximum absolute atomic E-state index is 13.0. The first-order chi connectivity index (χ1) is 18.4. The molecule has 2 aliphatic heterocycles. The average Bonchev–Trinajstić information content (AvgIpc) is 3.39. The van der Waals surface area contributed by atoms with Gasteiger partial charge in [-0.05, 0) is 54.2 Å². The molecule has 1 fully saturated rings. The lowest BCUT2D eigenvalue weighted by Gasteiger charge is -2.37. The minimum atomic E-state index is -0.949. The summed E-state index contributed by atoms with van der Waals surface area (Å²) >= 11 is 0. The van der Waals surface area contributed by atoms with E-state index in [1.807, 2.05) is 24.3 Å². The van der Waals surface area contributed by atoms with Crippen LogP contribution in [0.1, 0.15) is 57.5 Å².